The fraction of sp³-hybridized carbons (Fsp3) is 0.217. The van der Waals surface area contributed by atoms with Gasteiger partial charge in [-0.2, -0.15) is 14.6 Å². The van der Waals surface area contributed by atoms with Crippen LogP contribution in [0.15, 0.2) is 58.1 Å². The molecule has 0 fully saturated rings. The van der Waals surface area contributed by atoms with Crippen molar-refractivity contribution in [1.82, 2.24) is 14.6 Å². The van der Waals surface area contributed by atoms with Crippen molar-refractivity contribution in [2.75, 3.05) is 6.61 Å². The predicted octanol–water partition coefficient (Wildman–Crippen LogP) is 2.75. The SMILES string of the molecule is CCCOc1ccc(Cc2nn3c(=O)c(=Cc4ccc(C)cc4)sc3nc2=O)cc1. The Balaban J connectivity index is 1.66. The van der Waals surface area contributed by atoms with E-state index in [1.807, 2.05) is 55.5 Å². The van der Waals surface area contributed by atoms with Crippen molar-refractivity contribution < 1.29 is 4.74 Å². The molecule has 0 spiro atoms. The topological polar surface area (TPSA) is 73.6 Å². The van der Waals surface area contributed by atoms with Gasteiger partial charge in [0.2, 0.25) is 4.96 Å². The van der Waals surface area contributed by atoms with E-state index in [1.165, 1.54) is 15.9 Å². The monoisotopic (exact) mass is 419 g/mol. The summed E-state index contributed by atoms with van der Waals surface area (Å²) in [5.41, 5.74) is 2.52. The standard InChI is InChI=1S/C23H21N3O3S/c1-3-12-29-18-10-8-16(9-11-18)13-19-21(27)24-23-26(25-19)22(28)20(30-23)14-17-6-4-15(2)5-7-17/h4-11,14H,3,12-13H2,1-2H3. The quantitative estimate of drug-likeness (QED) is 0.481. The lowest BCUT2D eigenvalue weighted by Gasteiger charge is -2.05. The van der Waals surface area contributed by atoms with E-state index in [1.54, 1.807) is 6.08 Å². The van der Waals surface area contributed by atoms with E-state index in [-0.39, 0.29) is 11.3 Å². The van der Waals surface area contributed by atoms with Crippen LogP contribution in [0.2, 0.25) is 0 Å². The molecular weight excluding hydrogens is 398 g/mol. The van der Waals surface area contributed by atoms with Crippen LogP contribution in [0.5, 0.6) is 5.75 Å². The molecular formula is C23H21N3O3S. The van der Waals surface area contributed by atoms with E-state index >= 15 is 0 Å². The highest BCUT2D eigenvalue weighted by atomic mass is 32.1. The Kier molecular flexibility index (Phi) is 5.72. The van der Waals surface area contributed by atoms with Crippen molar-refractivity contribution in [3.8, 4) is 5.75 Å². The van der Waals surface area contributed by atoms with Crippen molar-refractivity contribution in [3.63, 3.8) is 0 Å². The van der Waals surface area contributed by atoms with Gasteiger partial charge in [-0.15, -0.1) is 0 Å². The van der Waals surface area contributed by atoms with Gasteiger partial charge in [0.1, 0.15) is 11.4 Å². The van der Waals surface area contributed by atoms with Gasteiger partial charge in [-0.25, -0.2) is 0 Å². The molecule has 0 aliphatic rings. The summed E-state index contributed by atoms with van der Waals surface area (Å²) in [5.74, 6) is 0.787. The van der Waals surface area contributed by atoms with E-state index in [4.69, 9.17) is 4.74 Å². The van der Waals surface area contributed by atoms with Crippen LogP contribution in [-0.4, -0.2) is 21.2 Å². The molecule has 0 saturated carbocycles. The van der Waals surface area contributed by atoms with E-state index in [2.05, 4.69) is 17.0 Å². The molecule has 4 aromatic rings. The smallest absolute Gasteiger partial charge is 0.296 e. The van der Waals surface area contributed by atoms with Crippen LogP contribution >= 0.6 is 11.3 Å². The van der Waals surface area contributed by atoms with Crippen molar-refractivity contribution in [2.45, 2.75) is 26.7 Å². The summed E-state index contributed by atoms with van der Waals surface area (Å²) >= 11 is 1.17. The maximum Gasteiger partial charge on any atom is 0.296 e. The molecule has 0 aliphatic heterocycles. The van der Waals surface area contributed by atoms with Crippen LogP contribution < -0.4 is 20.4 Å². The Labute approximate surface area is 177 Å². The van der Waals surface area contributed by atoms with E-state index in [9.17, 15) is 9.59 Å². The number of thiazole rings is 1. The lowest BCUT2D eigenvalue weighted by Crippen LogP contribution is -2.28. The van der Waals surface area contributed by atoms with Gasteiger partial charge in [-0.05, 0) is 42.7 Å². The Hall–Kier alpha value is -3.32. The summed E-state index contributed by atoms with van der Waals surface area (Å²) < 4.78 is 7.29. The van der Waals surface area contributed by atoms with Crippen LogP contribution in [0.3, 0.4) is 0 Å². The summed E-state index contributed by atoms with van der Waals surface area (Å²) in [6.45, 7) is 4.72. The van der Waals surface area contributed by atoms with Crippen molar-refractivity contribution in [1.29, 1.82) is 0 Å². The first-order valence-corrected chi connectivity index (χ1v) is 10.6. The van der Waals surface area contributed by atoms with Gasteiger partial charge in [0.15, 0.2) is 0 Å². The third kappa shape index (κ3) is 4.31. The molecule has 30 heavy (non-hydrogen) atoms. The molecule has 2 aromatic carbocycles. The van der Waals surface area contributed by atoms with Crippen LogP contribution in [0.25, 0.3) is 11.0 Å². The van der Waals surface area contributed by atoms with Gasteiger partial charge in [0.25, 0.3) is 11.1 Å². The van der Waals surface area contributed by atoms with Gasteiger partial charge in [0.05, 0.1) is 11.1 Å². The van der Waals surface area contributed by atoms with Crippen LogP contribution in [-0.2, 0) is 6.42 Å². The van der Waals surface area contributed by atoms with E-state index in [0.29, 0.717) is 22.5 Å². The highest BCUT2D eigenvalue weighted by molar-refractivity contribution is 7.15. The number of hydrogen-bond donors (Lipinski definition) is 0. The second kappa shape index (κ2) is 8.59. The molecule has 2 heterocycles. The average Bonchev–Trinajstić information content (AvgIpc) is 3.04. The minimum atomic E-state index is -0.413. The summed E-state index contributed by atoms with van der Waals surface area (Å²) in [6, 6.07) is 15.4. The largest absolute Gasteiger partial charge is 0.494 e. The number of rotatable bonds is 6. The molecule has 0 unspecified atom stereocenters. The molecule has 152 valence electrons. The van der Waals surface area contributed by atoms with Gasteiger partial charge in [-0.1, -0.05) is 60.2 Å². The number of nitrogens with zero attached hydrogens (tertiary/aromatic N) is 3. The first kappa shape index (κ1) is 20.0. The molecule has 0 radical (unpaired) electrons. The highest BCUT2D eigenvalue weighted by Gasteiger charge is 2.12. The number of benzene rings is 2. The Morgan fingerprint density at radius 3 is 2.50 bits per heavy atom. The second-order valence-corrected chi connectivity index (χ2v) is 8.06. The zero-order valence-electron chi connectivity index (χ0n) is 16.8. The second-order valence-electron chi connectivity index (χ2n) is 7.05. The minimum absolute atomic E-state index is 0.242. The maximum absolute atomic E-state index is 12.8. The van der Waals surface area contributed by atoms with Crippen LogP contribution in [0, 0.1) is 6.92 Å². The molecule has 0 atom stereocenters. The lowest BCUT2D eigenvalue weighted by atomic mass is 10.1. The highest BCUT2D eigenvalue weighted by Crippen LogP contribution is 2.14. The molecule has 7 heteroatoms. The Bertz CT molecular complexity index is 1340. The van der Waals surface area contributed by atoms with Crippen molar-refractivity contribution in [2.24, 2.45) is 0 Å². The van der Waals surface area contributed by atoms with Gasteiger partial charge >= 0.3 is 0 Å². The average molecular weight is 420 g/mol. The normalized spacial score (nSPS) is 11.9. The third-order valence-corrected chi connectivity index (χ3v) is 5.55. The number of aryl methyl sites for hydroxylation is 1. The fourth-order valence-electron chi connectivity index (χ4n) is 2.98. The van der Waals surface area contributed by atoms with Crippen molar-refractivity contribution >= 4 is 22.4 Å². The molecule has 0 amide bonds. The first-order chi connectivity index (χ1) is 14.5. The molecule has 2 aromatic heterocycles. The zero-order valence-corrected chi connectivity index (χ0v) is 17.6. The van der Waals surface area contributed by atoms with Crippen LogP contribution in [0.1, 0.15) is 35.7 Å². The van der Waals surface area contributed by atoms with Gasteiger partial charge in [0, 0.05) is 6.42 Å². The number of aromatic nitrogens is 3. The molecule has 0 aliphatic carbocycles. The first-order valence-electron chi connectivity index (χ1n) is 9.76. The summed E-state index contributed by atoms with van der Waals surface area (Å²) in [7, 11) is 0. The van der Waals surface area contributed by atoms with E-state index in [0.717, 1.165) is 28.9 Å². The number of hydrogen-bond acceptors (Lipinski definition) is 6. The molecule has 0 bridgehead atoms. The predicted molar refractivity (Wildman–Crippen MR) is 118 cm³/mol. The Morgan fingerprint density at radius 1 is 1.07 bits per heavy atom. The van der Waals surface area contributed by atoms with Gasteiger partial charge < -0.3 is 4.74 Å². The summed E-state index contributed by atoms with van der Waals surface area (Å²) in [6.07, 6.45) is 3.03. The van der Waals surface area contributed by atoms with E-state index < -0.39 is 5.56 Å². The third-order valence-electron chi connectivity index (χ3n) is 4.59. The summed E-state index contributed by atoms with van der Waals surface area (Å²) in [4.78, 5) is 29.6. The minimum Gasteiger partial charge on any atom is -0.494 e. The lowest BCUT2D eigenvalue weighted by molar-refractivity contribution is 0.317. The molecule has 0 N–H and O–H groups in total. The zero-order chi connectivity index (χ0) is 21.1. The Morgan fingerprint density at radius 2 is 1.80 bits per heavy atom. The maximum atomic E-state index is 12.8. The van der Waals surface area contributed by atoms with Crippen LogP contribution in [0.4, 0.5) is 0 Å². The molecule has 0 saturated heterocycles. The fourth-order valence-corrected chi connectivity index (χ4v) is 3.89. The van der Waals surface area contributed by atoms with Gasteiger partial charge in [-0.3, -0.25) is 9.59 Å². The van der Waals surface area contributed by atoms with Crippen molar-refractivity contribution in [3.05, 3.63) is 96.2 Å². The number of ether oxygens (including phenoxy) is 1. The molecule has 6 nitrogen and oxygen atoms in total. The molecule has 4 rings (SSSR count). The summed E-state index contributed by atoms with van der Waals surface area (Å²) in [5, 5.41) is 4.31. The number of fused-ring (bicyclic) bond motifs is 1.